The highest BCUT2D eigenvalue weighted by molar-refractivity contribution is 6.09. The Labute approximate surface area is 314 Å². The first-order valence-corrected chi connectivity index (χ1v) is 18.6. The molecule has 2 heterocycles. The predicted molar refractivity (Wildman–Crippen MR) is 220 cm³/mol. The molecule has 2 amide bonds. The minimum Gasteiger partial charge on any atom is -0.348 e. The fraction of sp³-hybridized carbons (Fsp3) is 0.149. The summed E-state index contributed by atoms with van der Waals surface area (Å²) in [5.74, 6) is -0.505. The first-order valence-electron chi connectivity index (χ1n) is 18.6. The van der Waals surface area contributed by atoms with Crippen LogP contribution in [0.25, 0.3) is 65.9 Å². The second-order valence-corrected chi connectivity index (χ2v) is 13.8. The third-order valence-electron chi connectivity index (χ3n) is 10.4. The Morgan fingerprint density at radius 2 is 0.926 bits per heavy atom. The number of benzene rings is 6. The lowest BCUT2D eigenvalue weighted by molar-refractivity contribution is 0.0909. The molecule has 0 aliphatic heterocycles. The maximum absolute atomic E-state index is 13.9. The number of carbonyl (C=O) groups excluding carboxylic acids is 2. The van der Waals surface area contributed by atoms with Crippen LogP contribution in [0, 0.1) is 0 Å². The molecule has 0 spiro atoms. The van der Waals surface area contributed by atoms with Crippen molar-refractivity contribution in [2.24, 2.45) is 5.73 Å². The first-order chi connectivity index (χ1) is 26.4. The van der Waals surface area contributed by atoms with Crippen molar-refractivity contribution >= 4 is 55.4 Å². The van der Waals surface area contributed by atoms with E-state index in [1.807, 2.05) is 86.6 Å². The van der Waals surface area contributed by atoms with Gasteiger partial charge in [-0.05, 0) is 83.6 Å². The van der Waals surface area contributed by atoms with Crippen molar-refractivity contribution in [3.63, 3.8) is 0 Å². The van der Waals surface area contributed by atoms with E-state index in [1.165, 1.54) is 0 Å². The Morgan fingerprint density at radius 1 is 0.500 bits per heavy atom. The number of aromatic nitrogens is 2. The molecule has 2 atom stereocenters. The number of amides is 2. The summed E-state index contributed by atoms with van der Waals surface area (Å²) in [5, 5.41) is 10.1. The summed E-state index contributed by atoms with van der Waals surface area (Å²) in [6.45, 7) is 3.98. The van der Waals surface area contributed by atoms with Crippen LogP contribution >= 0.6 is 0 Å². The molecular weight excluding hydrogens is 667 g/mol. The monoisotopic (exact) mass is 707 g/mol. The summed E-state index contributed by atoms with van der Waals surface area (Å²) < 4.78 is 0. The lowest BCUT2D eigenvalue weighted by Crippen LogP contribution is -2.58. The van der Waals surface area contributed by atoms with Gasteiger partial charge >= 0.3 is 0 Å². The van der Waals surface area contributed by atoms with Gasteiger partial charge in [0.05, 0.1) is 33.2 Å². The highest BCUT2D eigenvalue weighted by Crippen LogP contribution is 2.29. The maximum atomic E-state index is 13.9. The van der Waals surface area contributed by atoms with Gasteiger partial charge in [0.25, 0.3) is 11.8 Å². The molecule has 8 rings (SSSR count). The van der Waals surface area contributed by atoms with Crippen molar-refractivity contribution in [3.05, 3.63) is 157 Å². The Balaban J connectivity index is 1.01. The largest absolute Gasteiger partial charge is 0.348 e. The molecule has 0 saturated heterocycles. The maximum Gasteiger partial charge on any atom is 0.253 e. The van der Waals surface area contributed by atoms with Crippen LogP contribution in [0.4, 0.5) is 0 Å². The van der Waals surface area contributed by atoms with E-state index in [1.54, 1.807) is 12.1 Å². The van der Waals surface area contributed by atoms with Gasteiger partial charge in [-0.25, -0.2) is 9.97 Å². The van der Waals surface area contributed by atoms with Crippen molar-refractivity contribution in [2.45, 2.75) is 44.8 Å². The quantitative estimate of drug-likeness (QED) is 0.123. The molecule has 2 unspecified atom stereocenters. The SMILES string of the molecule is CCC(NC(=O)c1cccc2cc3cc(-c4ccccc4)ccc3nc12)C(N)C(CC)NC(=O)c1cccc2cc3cc(-c4ccccc4)ccc3nc12. The number of hydrogen-bond acceptors (Lipinski definition) is 5. The molecule has 0 radical (unpaired) electrons. The zero-order valence-electron chi connectivity index (χ0n) is 30.3. The van der Waals surface area contributed by atoms with Crippen molar-refractivity contribution in [1.29, 1.82) is 0 Å². The van der Waals surface area contributed by atoms with E-state index in [9.17, 15) is 9.59 Å². The van der Waals surface area contributed by atoms with Crippen LogP contribution in [-0.4, -0.2) is 39.9 Å². The molecule has 6 aromatic carbocycles. The van der Waals surface area contributed by atoms with Gasteiger partial charge < -0.3 is 16.4 Å². The van der Waals surface area contributed by atoms with Gasteiger partial charge in [0.2, 0.25) is 0 Å². The third kappa shape index (κ3) is 6.77. The van der Waals surface area contributed by atoms with Gasteiger partial charge in [-0.1, -0.05) is 111 Å². The van der Waals surface area contributed by atoms with Crippen molar-refractivity contribution < 1.29 is 9.59 Å². The second-order valence-electron chi connectivity index (χ2n) is 13.8. The first kappa shape index (κ1) is 34.6. The summed E-state index contributed by atoms with van der Waals surface area (Å²) in [7, 11) is 0. The number of rotatable bonds is 10. The van der Waals surface area contributed by atoms with Gasteiger partial charge in [0.1, 0.15) is 0 Å². The van der Waals surface area contributed by atoms with E-state index >= 15 is 0 Å². The fourth-order valence-electron chi connectivity index (χ4n) is 7.43. The fourth-order valence-corrected chi connectivity index (χ4v) is 7.43. The highest BCUT2D eigenvalue weighted by Gasteiger charge is 2.28. The summed E-state index contributed by atoms with van der Waals surface area (Å²) in [6.07, 6.45) is 1.16. The number of nitrogens with two attached hydrogens (primary N) is 1. The normalized spacial score (nSPS) is 13.2. The molecule has 0 fully saturated rings. The predicted octanol–water partition coefficient (Wildman–Crippen LogP) is 9.47. The molecule has 2 aromatic heterocycles. The van der Waals surface area contributed by atoms with Crippen LogP contribution in [0.1, 0.15) is 47.4 Å². The van der Waals surface area contributed by atoms with Crippen LogP contribution in [0.3, 0.4) is 0 Å². The topological polar surface area (TPSA) is 110 Å². The van der Waals surface area contributed by atoms with E-state index in [0.29, 0.717) is 35.0 Å². The van der Waals surface area contributed by atoms with E-state index in [2.05, 4.69) is 71.3 Å². The third-order valence-corrected chi connectivity index (χ3v) is 10.4. The van der Waals surface area contributed by atoms with Crippen LogP contribution in [-0.2, 0) is 0 Å². The minimum atomic E-state index is -0.548. The number of hydrogen-bond donors (Lipinski definition) is 3. The summed E-state index contributed by atoms with van der Waals surface area (Å²) in [4.78, 5) is 37.7. The summed E-state index contributed by atoms with van der Waals surface area (Å²) in [5.41, 5.74) is 15.2. The number of nitrogens with one attached hydrogen (secondary N) is 2. The van der Waals surface area contributed by atoms with Gasteiger partial charge in [0, 0.05) is 39.7 Å². The molecular formula is C47H41N5O2. The molecule has 7 nitrogen and oxygen atoms in total. The molecule has 0 bridgehead atoms. The highest BCUT2D eigenvalue weighted by atomic mass is 16.2. The van der Waals surface area contributed by atoms with Crippen molar-refractivity contribution in [3.8, 4) is 22.3 Å². The van der Waals surface area contributed by atoms with Gasteiger partial charge in [-0.3, -0.25) is 9.59 Å². The van der Waals surface area contributed by atoms with Crippen LogP contribution < -0.4 is 16.4 Å². The Morgan fingerprint density at radius 3 is 1.33 bits per heavy atom. The standard InChI is InChI=1S/C47H41N5O2/c1-3-39(51-46(53)37-19-11-17-33-27-35-25-31(29-13-7-5-8-14-29)21-23-41(35)49-44(33)37)43(48)40(4-2)52-47(54)38-20-12-18-34-28-36-26-32(30-15-9-6-10-16-30)22-24-42(36)50-45(34)38/h5-28,39-40,43H,3-4,48H2,1-2H3,(H,51,53)(H,52,54). The number of para-hydroxylation sites is 2. The second kappa shape index (κ2) is 14.9. The molecule has 266 valence electrons. The van der Waals surface area contributed by atoms with E-state index < -0.39 is 18.1 Å². The minimum absolute atomic E-state index is 0.252. The van der Waals surface area contributed by atoms with Crippen LogP contribution in [0.5, 0.6) is 0 Å². The Bertz CT molecular complexity index is 2480. The van der Waals surface area contributed by atoms with Gasteiger partial charge in [-0.15, -0.1) is 0 Å². The van der Waals surface area contributed by atoms with E-state index in [0.717, 1.165) is 54.8 Å². The molecule has 0 saturated carbocycles. The molecule has 7 heteroatoms. The van der Waals surface area contributed by atoms with Crippen LogP contribution in [0.2, 0.25) is 0 Å². The Hall–Kier alpha value is -6.44. The zero-order chi connectivity index (χ0) is 37.2. The Kier molecular flexibility index (Phi) is 9.55. The smallest absolute Gasteiger partial charge is 0.253 e. The average molecular weight is 708 g/mol. The lowest BCUT2D eigenvalue weighted by Gasteiger charge is -2.31. The lowest BCUT2D eigenvalue weighted by atomic mass is 9.95. The number of fused-ring (bicyclic) bond motifs is 4. The molecule has 8 aromatic rings. The number of carbonyl (C=O) groups is 2. The molecule has 54 heavy (non-hydrogen) atoms. The van der Waals surface area contributed by atoms with Gasteiger partial charge in [0.15, 0.2) is 0 Å². The molecule has 0 aliphatic rings. The molecule has 4 N–H and O–H groups in total. The summed E-state index contributed by atoms with van der Waals surface area (Å²) in [6, 6.07) is 47.0. The molecule has 0 aliphatic carbocycles. The number of nitrogens with zero attached hydrogens (tertiary/aromatic N) is 2. The zero-order valence-corrected chi connectivity index (χ0v) is 30.3. The van der Waals surface area contributed by atoms with Crippen LogP contribution in [0.15, 0.2) is 146 Å². The van der Waals surface area contributed by atoms with Crippen molar-refractivity contribution in [2.75, 3.05) is 0 Å². The van der Waals surface area contributed by atoms with E-state index in [4.69, 9.17) is 15.7 Å². The van der Waals surface area contributed by atoms with Crippen molar-refractivity contribution in [1.82, 2.24) is 20.6 Å². The number of pyridine rings is 2. The average Bonchev–Trinajstić information content (AvgIpc) is 3.22. The van der Waals surface area contributed by atoms with Gasteiger partial charge in [-0.2, -0.15) is 0 Å². The van der Waals surface area contributed by atoms with E-state index in [-0.39, 0.29) is 11.8 Å². The summed E-state index contributed by atoms with van der Waals surface area (Å²) >= 11 is 0.